The highest BCUT2D eigenvalue weighted by molar-refractivity contribution is 7.89. The fourth-order valence-corrected chi connectivity index (χ4v) is 8.04. The Morgan fingerprint density at radius 3 is 2.51 bits per heavy atom. The first-order chi connectivity index (χ1) is 18.9. The molecule has 204 valence electrons. The minimum Gasteiger partial charge on any atom is -0.486 e. The van der Waals surface area contributed by atoms with Crippen LogP contribution in [0.15, 0.2) is 52.4 Å². The second kappa shape index (κ2) is 9.58. The molecule has 1 aromatic heterocycles. The topological polar surface area (TPSA) is 92.3 Å². The van der Waals surface area contributed by atoms with Crippen molar-refractivity contribution in [1.82, 2.24) is 19.1 Å². The van der Waals surface area contributed by atoms with Crippen LogP contribution in [-0.4, -0.2) is 92.4 Å². The van der Waals surface area contributed by atoms with Gasteiger partial charge < -0.3 is 19.3 Å². The zero-order valence-corrected chi connectivity index (χ0v) is 23.4. The van der Waals surface area contributed by atoms with Crippen LogP contribution in [-0.2, 0) is 14.8 Å². The number of ether oxygens (including phenoxy) is 2. The summed E-state index contributed by atoms with van der Waals surface area (Å²) in [5.74, 6) is 0.949. The van der Waals surface area contributed by atoms with E-state index in [1.54, 1.807) is 29.5 Å². The lowest BCUT2D eigenvalue weighted by atomic mass is 9.91. The van der Waals surface area contributed by atoms with Crippen molar-refractivity contribution in [2.45, 2.75) is 24.2 Å². The van der Waals surface area contributed by atoms with E-state index in [2.05, 4.69) is 16.0 Å². The Bertz CT molecular complexity index is 1600. The van der Waals surface area contributed by atoms with Gasteiger partial charge in [-0.25, -0.2) is 13.4 Å². The van der Waals surface area contributed by atoms with Gasteiger partial charge >= 0.3 is 0 Å². The summed E-state index contributed by atoms with van der Waals surface area (Å²) in [5.41, 5.74) is 4.30. The van der Waals surface area contributed by atoms with Crippen molar-refractivity contribution in [2.24, 2.45) is 0 Å². The van der Waals surface area contributed by atoms with Crippen molar-refractivity contribution in [3.05, 3.63) is 58.1 Å². The molecule has 3 fully saturated rings. The maximum Gasteiger partial charge on any atom is 0.243 e. The van der Waals surface area contributed by atoms with Crippen molar-refractivity contribution >= 4 is 37.5 Å². The number of rotatable bonds is 6. The van der Waals surface area contributed by atoms with E-state index < -0.39 is 10.0 Å². The highest BCUT2D eigenvalue weighted by Gasteiger charge is 2.40. The predicted octanol–water partition coefficient (Wildman–Crippen LogP) is 3.01. The molecule has 0 aliphatic carbocycles. The number of fused-ring (bicyclic) bond motifs is 2. The quantitative estimate of drug-likeness (QED) is 0.424. The fourth-order valence-electron chi connectivity index (χ4n) is 5.61. The number of carbonyl (C=O) groups is 1. The number of benzene rings is 2. The van der Waals surface area contributed by atoms with Crippen molar-refractivity contribution < 1.29 is 22.7 Å². The number of aromatic nitrogens is 1. The lowest BCUT2D eigenvalue weighted by molar-refractivity contribution is -0.134. The third kappa shape index (κ3) is 4.41. The number of sulfonamides is 1. The Morgan fingerprint density at radius 2 is 1.77 bits per heavy atom. The van der Waals surface area contributed by atoms with Crippen LogP contribution in [0.1, 0.15) is 22.9 Å². The number of amides is 1. The molecular weight excluding hydrogens is 536 g/mol. The molecule has 1 unspecified atom stereocenters. The average Bonchev–Trinajstić information content (AvgIpc) is 3.23. The summed E-state index contributed by atoms with van der Waals surface area (Å²) in [4.78, 5) is 22.9. The van der Waals surface area contributed by atoms with Crippen LogP contribution in [0.2, 0.25) is 0 Å². The normalized spacial score (nSPS) is 20.4. The van der Waals surface area contributed by atoms with E-state index in [1.807, 2.05) is 24.0 Å². The molecule has 4 aliphatic heterocycles. The number of likely N-dealkylation sites (tertiary alicyclic amines) is 2. The summed E-state index contributed by atoms with van der Waals surface area (Å²) in [6.45, 7) is 7.53. The Morgan fingerprint density at radius 1 is 1.03 bits per heavy atom. The maximum atomic E-state index is 13.8. The first-order valence-corrected chi connectivity index (χ1v) is 15.6. The van der Waals surface area contributed by atoms with E-state index in [0.29, 0.717) is 50.9 Å². The van der Waals surface area contributed by atoms with E-state index in [0.717, 1.165) is 46.0 Å². The van der Waals surface area contributed by atoms with Crippen molar-refractivity contribution in [3.63, 3.8) is 0 Å². The molecule has 2 aromatic carbocycles. The van der Waals surface area contributed by atoms with Gasteiger partial charge in [0, 0.05) is 38.8 Å². The van der Waals surface area contributed by atoms with Gasteiger partial charge in [0.15, 0.2) is 11.5 Å². The Kier molecular flexibility index (Phi) is 6.14. The molecule has 0 saturated carbocycles. The number of hydrogen-bond donors (Lipinski definition) is 0. The van der Waals surface area contributed by atoms with Gasteiger partial charge in [0.2, 0.25) is 15.9 Å². The first-order valence-electron chi connectivity index (χ1n) is 13.3. The molecule has 0 N–H and O–H groups in total. The minimum absolute atomic E-state index is 0.143. The highest BCUT2D eigenvalue weighted by atomic mass is 32.2. The van der Waals surface area contributed by atoms with Crippen LogP contribution in [0, 0.1) is 6.92 Å². The van der Waals surface area contributed by atoms with Gasteiger partial charge in [-0.05, 0) is 61.3 Å². The summed E-state index contributed by atoms with van der Waals surface area (Å²) in [7, 11) is -3.62. The molecule has 1 amide bonds. The van der Waals surface area contributed by atoms with Gasteiger partial charge in [0.25, 0.3) is 0 Å². The van der Waals surface area contributed by atoms with Crippen molar-refractivity contribution in [2.75, 3.05) is 59.0 Å². The number of thiazole rings is 1. The molecule has 1 atom stereocenters. The van der Waals surface area contributed by atoms with Crippen LogP contribution in [0.25, 0.3) is 10.2 Å². The van der Waals surface area contributed by atoms with Crippen LogP contribution in [0.4, 0.5) is 0 Å². The van der Waals surface area contributed by atoms with Gasteiger partial charge in [-0.15, -0.1) is 11.3 Å². The highest BCUT2D eigenvalue weighted by Crippen LogP contribution is 2.37. The predicted molar refractivity (Wildman–Crippen MR) is 148 cm³/mol. The van der Waals surface area contributed by atoms with E-state index >= 15 is 0 Å². The summed E-state index contributed by atoms with van der Waals surface area (Å²) < 4.78 is 40.0. The molecule has 0 bridgehead atoms. The largest absolute Gasteiger partial charge is 0.486 e. The molecule has 0 radical (unpaired) electrons. The fraction of sp³-hybridized carbons (Fsp3) is 0.429. The number of nitrogens with zero attached hydrogens (tertiary/aromatic N) is 4. The lowest BCUT2D eigenvalue weighted by Gasteiger charge is -2.43. The summed E-state index contributed by atoms with van der Waals surface area (Å²) in [6.07, 6.45) is 1.18. The standard InChI is InChI=1S/C28H30N4O5S2/c1-18-29-24-5-2-4-22(27(24)38-18)23(17-30-8-3-9-30)28(33)31-13-19(14-31)20-15-32(16-20)39(34,35)21-6-7-25-26(12-21)37-11-10-36-25/h2,4-7,12,23H,3,8-11,13-17H2,1H3. The van der Waals surface area contributed by atoms with Crippen molar-refractivity contribution in [1.29, 1.82) is 0 Å². The molecule has 5 heterocycles. The zero-order valence-electron chi connectivity index (χ0n) is 21.8. The Hall–Kier alpha value is -2.99. The SMILES string of the molecule is Cc1nc2cccc(C(CN3CCC3)C(=O)N3CC(=C4CN(S(=O)(=O)c5ccc6c(c5)OCCO6)C4)C3)c2s1. The van der Waals surface area contributed by atoms with Gasteiger partial charge in [-0.3, -0.25) is 4.79 Å². The van der Waals surface area contributed by atoms with Gasteiger partial charge in [-0.2, -0.15) is 4.31 Å². The molecular formula is C28H30N4O5S2. The second-order valence-electron chi connectivity index (χ2n) is 10.6. The van der Waals surface area contributed by atoms with Gasteiger partial charge in [0.05, 0.1) is 26.0 Å². The minimum atomic E-state index is -3.62. The van der Waals surface area contributed by atoms with Gasteiger partial charge in [0.1, 0.15) is 13.2 Å². The van der Waals surface area contributed by atoms with Crippen LogP contribution < -0.4 is 9.47 Å². The van der Waals surface area contributed by atoms with Crippen LogP contribution >= 0.6 is 11.3 Å². The molecule has 39 heavy (non-hydrogen) atoms. The smallest absolute Gasteiger partial charge is 0.243 e. The van der Waals surface area contributed by atoms with Crippen molar-refractivity contribution in [3.8, 4) is 11.5 Å². The molecule has 7 rings (SSSR count). The van der Waals surface area contributed by atoms with Gasteiger partial charge in [-0.1, -0.05) is 12.1 Å². The first kappa shape index (κ1) is 25.0. The Labute approximate surface area is 231 Å². The third-order valence-corrected chi connectivity index (χ3v) is 10.9. The number of hydrogen-bond acceptors (Lipinski definition) is 8. The maximum absolute atomic E-state index is 13.8. The van der Waals surface area contributed by atoms with Crippen LogP contribution in [0.5, 0.6) is 11.5 Å². The summed E-state index contributed by atoms with van der Waals surface area (Å²) in [6, 6.07) is 10.9. The summed E-state index contributed by atoms with van der Waals surface area (Å²) in [5, 5.41) is 1.00. The van der Waals surface area contributed by atoms with E-state index in [1.165, 1.54) is 16.3 Å². The van der Waals surface area contributed by atoms with E-state index in [4.69, 9.17) is 9.47 Å². The number of aryl methyl sites for hydroxylation is 1. The second-order valence-corrected chi connectivity index (χ2v) is 13.8. The monoisotopic (exact) mass is 566 g/mol. The zero-order chi connectivity index (χ0) is 26.7. The molecule has 3 aromatic rings. The molecule has 3 saturated heterocycles. The molecule has 0 spiro atoms. The average molecular weight is 567 g/mol. The molecule has 11 heteroatoms. The number of carbonyl (C=O) groups excluding carboxylic acids is 1. The van der Waals surface area contributed by atoms with E-state index in [-0.39, 0.29) is 16.7 Å². The summed E-state index contributed by atoms with van der Waals surface area (Å²) >= 11 is 1.65. The van der Waals surface area contributed by atoms with Crippen LogP contribution in [0.3, 0.4) is 0 Å². The third-order valence-electron chi connectivity index (χ3n) is 8.08. The van der Waals surface area contributed by atoms with E-state index in [9.17, 15) is 13.2 Å². The lowest BCUT2D eigenvalue weighted by Crippen LogP contribution is -2.53. The molecule has 4 aliphatic rings. The molecule has 9 nitrogen and oxygen atoms in total. The Balaban J connectivity index is 1.04.